The van der Waals surface area contributed by atoms with Gasteiger partial charge in [-0.1, -0.05) is 56.3 Å². The molecule has 142 valence electrons. The quantitative estimate of drug-likeness (QED) is 0.829. The van der Waals surface area contributed by atoms with Crippen LogP contribution in [0.2, 0.25) is 0 Å². The molecule has 3 rings (SSSR count). The van der Waals surface area contributed by atoms with E-state index in [0.717, 1.165) is 17.5 Å². The van der Waals surface area contributed by atoms with Crippen LogP contribution in [0.1, 0.15) is 47.7 Å². The van der Waals surface area contributed by atoms with Gasteiger partial charge in [-0.2, -0.15) is 0 Å². The van der Waals surface area contributed by atoms with Crippen molar-refractivity contribution in [3.05, 3.63) is 71.3 Å². The van der Waals surface area contributed by atoms with Gasteiger partial charge in [0.25, 0.3) is 5.91 Å². The second kappa shape index (κ2) is 8.85. The number of carbonyl (C=O) groups is 2. The molecule has 4 nitrogen and oxygen atoms in total. The summed E-state index contributed by atoms with van der Waals surface area (Å²) >= 11 is 0. The maximum absolute atomic E-state index is 12.8. The van der Waals surface area contributed by atoms with E-state index in [4.69, 9.17) is 0 Å². The first-order valence-corrected chi connectivity index (χ1v) is 9.75. The van der Waals surface area contributed by atoms with E-state index in [-0.39, 0.29) is 11.8 Å². The fraction of sp³-hybridized carbons (Fsp3) is 0.391. The number of benzene rings is 2. The summed E-state index contributed by atoms with van der Waals surface area (Å²) in [6, 6.07) is 17.7. The van der Waals surface area contributed by atoms with Crippen LogP contribution in [0.5, 0.6) is 0 Å². The highest BCUT2D eigenvalue weighted by atomic mass is 16.2. The third kappa shape index (κ3) is 4.97. The van der Waals surface area contributed by atoms with Gasteiger partial charge in [-0.05, 0) is 35.6 Å². The summed E-state index contributed by atoms with van der Waals surface area (Å²) in [5.74, 6) is 0.649. The summed E-state index contributed by atoms with van der Waals surface area (Å²) in [5.41, 5.74) is 2.99. The monoisotopic (exact) mass is 364 g/mol. The topological polar surface area (TPSA) is 40.6 Å². The first-order chi connectivity index (χ1) is 13.0. The van der Waals surface area contributed by atoms with Crippen LogP contribution < -0.4 is 0 Å². The third-order valence-electron chi connectivity index (χ3n) is 5.16. The Morgan fingerprint density at radius 3 is 2.15 bits per heavy atom. The van der Waals surface area contributed by atoms with Gasteiger partial charge in [0.05, 0.1) is 6.42 Å². The fourth-order valence-corrected chi connectivity index (χ4v) is 3.45. The van der Waals surface area contributed by atoms with Gasteiger partial charge in [0.1, 0.15) is 0 Å². The molecular formula is C23H28N2O2. The van der Waals surface area contributed by atoms with E-state index in [9.17, 15) is 9.59 Å². The average molecular weight is 364 g/mol. The van der Waals surface area contributed by atoms with E-state index in [1.54, 1.807) is 0 Å². The van der Waals surface area contributed by atoms with Crippen molar-refractivity contribution in [3.8, 4) is 0 Å². The van der Waals surface area contributed by atoms with Gasteiger partial charge in [0.15, 0.2) is 0 Å². The van der Waals surface area contributed by atoms with E-state index in [2.05, 4.69) is 13.8 Å². The lowest BCUT2D eigenvalue weighted by Gasteiger charge is -2.22. The molecule has 0 aliphatic carbocycles. The first-order valence-electron chi connectivity index (χ1n) is 9.75. The maximum Gasteiger partial charge on any atom is 0.253 e. The van der Waals surface area contributed by atoms with Gasteiger partial charge in [-0.3, -0.25) is 9.59 Å². The highest BCUT2D eigenvalue weighted by Gasteiger charge is 2.23. The molecule has 0 aromatic heterocycles. The third-order valence-corrected chi connectivity index (χ3v) is 5.16. The highest BCUT2D eigenvalue weighted by Crippen LogP contribution is 2.16. The Labute approximate surface area is 161 Å². The summed E-state index contributed by atoms with van der Waals surface area (Å²) in [5, 5.41) is 0. The largest absolute Gasteiger partial charge is 0.341 e. The predicted molar refractivity (Wildman–Crippen MR) is 108 cm³/mol. The SMILES string of the molecule is CC(C)c1ccc(C(=O)N2CCCN(C(=O)Cc3ccccc3)CC2)cc1. The molecule has 4 heteroatoms. The molecule has 2 aromatic rings. The highest BCUT2D eigenvalue weighted by molar-refractivity contribution is 5.94. The Balaban J connectivity index is 1.59. The molecule has 0 bridgehead atoms. The molecule has 2 aromatic carbocycles. The molecule has 1 saturated heterocycles. The van der Waals surface area contributed by atoms with E-state index in [1.165, 1.54) is 5.56 Å². The number of nitrogens with zero attached hydrogens (tertiary/aromatic N) is 2. The summed E-state index contributed by atoms with van der Waals surface area (Å²) < 4.78 is 0. The van der Waals surface area contributed by atoms with E-state index in [0.29, 0.717) is 38.5 Å². The van der Waals surface area contributed by atoms with Crippen molar-refractivity contribution >= 4 is 11.8 Å². The second-order valence-electron chi connectivity index (χ2n) is 7.47. The minimum atomic E-state index is 0.0580. The van der Waals surface area contributed by atoms with Crippen molar-refractivity contribution in [1.29, 1.82) is 0 Å². The Morgan fingerprint density at radius 2 is 1.48 bits per heavy atom. The molecule has 0 saturated carbocycles. The second-order valence-corrected chi connectivity index (χ2v) is 7.47. The number of rotatable bonds is 4. The molecular weight excluding hydrogens is 336 g/mol. The van der Waals surface area contributed by atoms with E-state index < -0.39 is 0 Å². The van der Waals surface area contributed by atoms with Crippen LogP contribution in [0.3, 0.4) is 0 Å². The van der Waals surface area contributed by atoms with Gasteiger partial charge in [0, 0.05) is 31.7 Å². The number of hydrogen-bond donors (Lipinski definition) is 0. The van der Waals surface area contributed by atoms with Crippen LogP contribution in [0, 0.1) is 0 Å². The standard InChI is InChI=1S/C23H28N2O2/c1-18(2)20-9-11-21(12-10-20)23(27)25-14-6-13-24(15-16-25)22(26)17-19-7-4-3-5-8-19/h3-5,7-12,18H,6,13-17H2,1-2H3. The molecule has 2 amide bonds. The van der Waals surface area contributed by atoms with Crippen LogP contribution in [0.15, 0.2) is 54.6 Å². The summed E-state index contributed by atoms with van der Waals surface area (Å²) in [6.07, 6.45) is 1.24. The van der Waals surface area contributed by atoms with Gasteiger partial charge in [-0.15, -0.1) is 0 Å². The zero-order valence-corrected chi connectivity index (χ0v) is 16.2. The summed E-state index contributed by atoms with van der Waals surface area (Å²) in [7, 11) is 0. The Kier molecular flexibility index (Phi) is 6.28. The van der Waals surface area contributed by atoms with Crippen LogP contribution >= 0.6 is 0 Å². The molecule has 0 spiro atoms. The molecule has 0 radical (unpaired) electrons. The summed E-state index contributed by atoms with van der Waals surface area (Å²) in [6.45, 7) is 6.88. The Bertz CT molecular complexity index is 769. The minimum Gasteiger partial charge on any atom is -0.341 e. The number of amides is 2. The molecule has 0 N–H and O–H groups in total. The molecule has 0 unspecified atom stereocenters. The van der Waals surface area contributed by atoms with Gasteiger partial charge in [-0.25, -0.2) is 0 Å². The van der Waals surface area contributed by atoms with Crippen LogP contribution in [0.4, 0.5) is 0 Å². The average Bonchev–Trinajstić information content (AvgIpc) is 2.94. The number of carbonyl (C=O) groups excluding carboxylic acids is 2. The van der Waals surface area contributed by atoms with Crippen LogP contribution in [-0.2, 0) is 11.2 Å². The predicted octanol–water partition coefficient (Wildman–Crippen LogP) is 3.73. The lowest BCUT2D eigenvalue weighted by atomic mass is 10.0. The molecule has 1 aliphatic heterocycles. The smallest absolute Gasteiger partial charge is 0.253 e. The maximum atomic E-state index is 12.8. The van der Waals surface area contributed by atoms with Gasteiger partial charge >= 0.3 is 0 Å². The zero-order chi connectivity index (χ0) is 19.2. The minimum absolute atomic E-state index is 0.0580. The van der Waals surface area contributed by atoms with Crippen molar-refractivity contribution in [3.63, 3.8) is 0 Å². The fourth-order valence-electron chi connectivity index (χ4n) is 3.45. The Hall–Kier alpha value is -2.62. The van der Waals surface area contributed by atoms with E-state index >= 15 is 0 Å². The van der Waals surface area contributed by atoms with Crippen molar-refractivity contribution in [1.82, 2.24) is 9.80 Å². The molecule has 1 aliphatic rings. The van der Waals surface area contributed by atoms with Crippen LogP contribution in [-0.4, -0.2) is 47.8 Å². The zero-order valence-electron chi connectivity index (χ0n) is 16.2. The lowest BCUT2D eigenvalue weighted by molar-refractivity contribution is -0.130. The Morgan fingerprint density at radius 1 is 0.852 bits per heavy atom. The normalized spacial score (nSPS) is 14.9. The van der Waals surface area contributed by atoms with Crippen molar-refractivity contribution in [2.24, 2.45) is 0 Å². The van der Waals surface area contributed by atoms with Gasteiger partial charge < -0.3 is 9.80 Å². The van der Waals surface area contributed by atoms with Crippen molar-refractivity contribution in [2.45, 2.75) is 32.6 Å². The van der Waals surface area contributed by atoms with E-state index in [1.807, 2.05) is 64.4 Å². The van der Waals surface area contributed by atoms with Crippen molar-refractivity contribution in [2.75, 3.05) is 26.2 Å². The molecule has 27 heavy (non-hydrogen) atoms. The molecule has 1 fully saturated rings. The lowest BCUT2D eigenvalue weighted by Crippen LogP contribution is -2.38. The number of hydrogen-bond acceptors (Lipinski definition) is 2. The van der Waals surface area contributed by atoms with Crippen molar-refractivity contribution < 1.29 is 9.59 Å². The first kappa shape index (κ1) is 19.2. The molecule has 1 heterocycles. The van der Waals surface area contributed by atoms with Crippen LogP contribution in [0.25, 0.3) is 0 Å². The molecule has 0 atom stereocenters. The van der Waals surface area contributed by atoms with Gasteiger partial charge in [0.2, 0.25) is 5.91 Å². The summed E-state index contributed by atoms with van der Waals surface area (Å²) in [4.78, 5) is 29.2.